The molecule has 0 aliphatic rings. The Bertz CT molecular complexity index is 5140. The monoisotopic (exact) mass is 1130 g/mol. The first-order valence-corrected chi connectivity index (χ1v) is 30.2. The summed E-state index contributed by atoms with van der Waals surface area (Å²) in [5, 5.41) is 9.01. The van der Waals surface area contributed by atoms with Crippen LogP contribution in [0.1, 0.15) is 26.3 Å². The van der Waals surface area contributed by atoms with Crippen LogP contribution in [0.3, 0.4) is 0 Å². The Labute approximate surface area is 509 Å². The number of fused-ring (bicyclic) bond motifs is 12. The summed E-state index contributed by atoms with van der Waals surface area (Å²) < 4.78 is 19.4. The van der Waals surface area contributed by atoms with Crippen LogP contribution >= 0.6 is 0 Å². The Hall–Kier alpha value is -11.3. The lowest BCUT2D eigenvalue weighted by molar-refractivity contribution is 0.590. The Morgan fingerprint density at radius 3 is 1.02 bits per heavy atom. The van der Waals surface area contributed by atoms with Gasteiger partial charge in [0.05, 0.1) is 33.4 Å². The molecule has 0 amide bonds. The molecule has 0 fully saturated rings. The zero-order chi connectivity index (χ0) is 58.6. The number of benzene rings is 13. The molecule has 0 saturated carbocycles. The molecule has 0 atom stereocenters. The minimum Gasteiger partial charge on any atom is -0.454 e. The van der Waals surface area contributed by atoms with Gasteiger partial charge in [-0.15, -0.1) is 0 Å². The smallest absolute Gasteiger partial charge is 0.160 e. The Kier molecular flexibility index (Phi) is 11.7. The van der Waals surface area contributed by atoms with Crippen molar-refractivity contribution in [3.63, 3.8) is 0 Å². The SMILES string of the molecule is CC(C)(C)c1cc(N(c2cccc(-n3c4ccccc4c4ccccc43)c2)c2c(-c3ccccc3)ccc3c2oc2ccccc23)cc(N(c2cccc(-n3c4ccccc4c4ccccc43)c2)c2c(-c3ccccc3)ccc3c2oc2ccccc23)c1. The van der Waals surface area contributed by atoms with Crippen molar-refractivity contribution >= 4 is 122 Å². The summed E-state index contributed by atoms with van der Waals surface area (Å²) in [4.78, 5) is 4.94. The molecular weight excluding hydrogens is 1070 g/mol. The van der Waals surface area contributed by atoms with Crippen LogP contribution in [0, 0.1) is 0 Å². The van der Waals surface area contributed by atoms with Crippen LogP contribution < -0.4 is 9.80 Å². The van der Waals surface area contributed by atoms with E-state index in [2.05, 4.69) is 337 Å². The van der Waals surface area contributed by atoms with Gasteiger partial charge < -0.3 is 27.8 Å². The summed E-state index contributed by atoms with van der Waals surface area (Å²) in [6.07, 6.45) is 0. The highest BCUT2D eigenvalue weighted by molar-refractivity contribution is 6.17. The number of nitrogens with zero attached hydrogens (tertiary/aromatic N) is 4. The summed E-state index contributed by atoms with van der Waals surface area (Å²) in [5.41, 5.74) is 20.6. The summed E-state index contributed by atoms with van der Waals surface area (Å²) >= 11 is 0. The number of para-hydroxylation sites is 6. The van der Waals surface area contributed by atoms with E-state index in [4.69, 9.17) is 8.83 Å². The first kappa shape index (κ1) is 51.1. The highest BCUT2D eigenvalue weighted by Crippen LogP contribution is 2.53. The number of anilines is 6. The average molecular weight is 1130 g/mol. The zero-order valence-corrected chi connectivity index (χ0v) is 48.9. The molecule has 88 heavy (non-hydrogen) atoms. The molecule has 0 unspecified atom stereocenters. The van der Waals surface area contributed by atoms with Crippen molar-refractivity contribution in [1.82, 2.24) is 9.13 Å². The van der Waals surface area contributed by atoms with E-state index in [1.54, 1.807) is 0 Å². The Morgan fingerprint density at radius 1 is 0.284 bits per heavy atom. The number of rotatable bonds is 10. The van der Waals surface area contributed by atoms with E-state index in [-0.39, 0.29) is 5.41 Å². The van der Waals surface area contributed by atoms with Crippen molar-refractivity contribution in [2.24, 2.45) is 0 Å². The van der Waals surface area contributed by atoms with Crippen molar-refractivity contribution in [1.29, 1.82) is 0 Å². The van der Waals surface area contributed by atoms with Crippen LogP contribution in [-0.4, -0.2) is 9.13 Å². The van der Waals surface area contributed by atoms with Gasteiger partial charge >= 0.3 is 0 Å². The van der Waals surface area contributed by atoms with Gasteiger partial charge in [-0.05, 0) is 125 Å². The fourth-order valence-corrected chi connectivity index (χ4v) is 13.7. The standard InChI is InChI=1S/C82H58N4O2/c1-82(2,3)55-48-60(83(56-28-22-30-58(50-56)85-72-38-16-10-32-64(72)65-33-11-17-39-73(65)85)78-62(53-24-6-4-7-25-53)44-46-70-68-36-14-20-42-76(68)87-80(70)78)52-61(49-55)84(57-29-23-31-59(51-57)86-74-40-18-12-34-66(74)67-35-13-19-41-75(67)86)79-63(54-26-8-5-9-27-54)45-47-71-69-37-15-21-43-77(69)88-81(71)79/h4-52H,1-3H3. The molecular formula is C82H58N4O2. The second kappa shape index (κ2) is 20.2. The van der Waals surface area contributed by atoms with Gasteiger partial charge in [-0.25, -0.2) is 0 Å². The van der Waals surface area contributed by atoms with Crippen LogP contribution in [0.15, 0.2) is 306 Å². The maximum Gasteiger partial charge on any atom is 0.160 e. The second-order valence-electron chi connectivity index (χ2n) is 24.0. The molecule has 0 bridgehead atoms. The van der Waals surface area contributed by atoms with Crippen molar-refractivity contribution in [3.8, 4) is 33.6 Å². The van der Waals surface area contributed by atoms with Gasteiger partial charge in [0.25, 0.3) is 0 Å². The minimum absolute atomic E-state index is 0.348. The summed E-state index contributed by atoms with van der Waals surface area (Å²) in [5.74, 6) is 0. The highest BCUT2D eigenvalue weighted by atomic mass is 16.3. The van der Waals surface area contributed by atoms with Gasteiger partial charge in [-0.2, -0.15) is 0 Å². The van der Waals surface area contributed by atoms with Crippen molar-refractivity contribution in [3.05, 3.63) is 303 Å². The van der Waals surface area contributed by atoms with Crippen LogP contribution in [-0.2, 0) is 5.41 Å². The second-order valence-corrected chi connectivity index (χ2v) is 24.0. The van der Waals surface area contributed by atoms with E-state index in [1.165, 1.54) is 21.5 Å². The topological polar surface area (TPSA) is 42.6 Å². The molecule has 0 radical (unpaired) electrons. The van der Waals surface area contributed by atoms with Gasteiger partial charge in [0, 0.05) is 88.3 Å². The van der Waals surface area contributed by atoms with Gasteiger partial charge in [0.1, 0.15) is 11.2 Å². The minimum atomic E-state index is -0.348. The summed E-state index contributed by atoms with van der Waals surface area (Å²) in [7, 11) is 0. The molecule has 13 aromatic carbocycles. The fourth-order valence-electron chi connectivity index (χ4n) is 13.7. The zero-order valence-electron chi connectivity index (χ0n) is 48.9. The summed E-state index contributed by atoms with van der Waals surface area (Å²) in [6, 6.07) is 108. The molecule has 17 aromatic rings. The first-order chi connectivity index (χ1) is 43.3. The Morgan fingerprint density at radius 2 is 0.636 bits per heavy atom. The van der Waals surface area contributed by atoms with E-state index < -0.39 is 0 Å². The predicted molar refractivity (Wildman–Crippen MR) is 369 cm³/mol. The van der Waals surface area contributed by atoms with E-state index >= 15 is 0 Å². The quantitative estimate of drug-likeness (QED) is 0.137. The van der Waals surface area contributed by atoms with Crippen LogP contribution in [0.5, 0.6) is 0 Å². The lowest BCUT2D eigenvalue weighted by atomic mass is 9.86. The maximum atomic E-state index is 7.28. The van der Waals surface area contributed by atoms with E-state index in [9.17, 15) is 0 Å². The average Bonchev–Trinajstić information content (AvgIpc) is 2.72. The van der Waals surface area contributed by atoms with Gasteiger partial charge in [-0.3, -0.25) is 0 Å². The van der Waals surface area contributed by atoms with Crippen LogP contribution in [0.25, 0.3) is 121 Å². The van der Waals surface area contributed by atoms with Crippen molar-refractivity contribution in [2.45, 2.75) is 26.2 Å². The molecule has 0 aliphatic carbocycles. The normalized spacial score (nSPS) is 12.0. The third kappa shape index (κ3) is 8.17. The molecule has 0 aliphatic heterocycles. The molecule has 17 rings (SSSR count). The number of hydrogen-bond donors (Lipinski definition) is 0. The van der Waals surface area contributed by atoms with E-state index in [0.29, 0.717) is 0 Å². The fraction of sp³-hybridized carbons (Fsp3) is 0.0488. The number of aromatic nitrogens is 2. The third-order valence-corrected chi connectivity index (χ3v) is 17.8. The molecule has 0 spiro atoms. The van der Waals surface area contributed by atoms with Crippen molar-refractivity contribution < 1.29 is 8.83 Å². The number of hydrogen-bond acceptors (Lipinski definition) is 4. The lowest BCUT2D eigenvalue weighted by Crippen LogP contribution is -2.19. The largest absolute Gasteiger partial charge is 0.454 e. The summed E-state index contributed by atoms with van der Waals surface area (Å²) in [6.45, 7) is 6.96. The highest BCUT2D eigenvalue weighted by Gasteiger charge is 2.31. The molecule has 4 aromatic heterocycles. The van der Waals surface area contributed by atoms with Crippen molar-refractivity contribution in [2.75, 3.05) is 9.80 Å². The van der Waals surface area contributed by atoms with Gasteiger partial charge in [0.15, 0.2) is 11.2 Å². The molecule has 0 N–H and O–H groups in total. The molecule has 4 heterocycles. The van der Waals surface area contributed by atoms with Crippen LogP contribution in [0.2, 0.25) is 0 Å². The molecule has 6 nitrogen and oxygen atoms in total. The third-order valence-electron chi connectivity index (χ3n) is 17.8. The van der Waals surface area contributed by atoms with Crippen LogP contribution in [0.4, 0.5) is 34.1 Å². The number of furan rings is 2. The lowest BCUT2D eigenvalue weighted by Gasteiger charge is -2.34. The first-order valence-electron chi connectivity index (χ1n) is 30.2. The van der Waals surface area contributed by atoms with E-state index in [1.807, 2.05) is 0 Å². The van der Waals surface area contributed by atoms with Gasteiger partial charge in [0.2, 0.25) is 0 Å². The molecule has 418 valence electrons. The maximum absolute atomic E-state index is 7.28. The molecule has 0 saturated heterocycles. The predicted octanol–water partition coefficient (Wildman–Crippen LogP) is 23.3. The Balaban J connectivity index is 1.00. The molecule has 6 heteroatoms. The van der Waals surface area contributed by atoms with E-state index in [0.717, 1.165) is 139 Å². The van der Waals surface area contributed by atoms with Gasteiger partial charge in [-0.1, -0.05) is 215 Å².